The highest BCUT2D eigenvalue weighted by molar-refractivity contribution is 7.23. The molecular weight excluding hydrogens is 542 g/mol. The average molecular weight is 580 g/mol. The molecule has 11 heteroatoms. The summed E-state index contributed by atoms with van der Waals surface area (Å²) in [6, 6.07) is 12.5. The maximum absolute atomic E-state index is 12.7. The summed E-state index contributed by atoms with van der Waals surface area (Å²) >= 11 is 1.64. The minimum absolute atomic E-state index is 0.00587. The van der Waals surface area contributed by atoms with Crippen LogP contribution in [0, 0.1) is 0 Å². The zero-order valence-electron chi connectivity index (χ0n) is 23.0. The number of thiazole rings is 1. The predicted molar refractivity (Wildman–Crippen MR) is 161 cm³/mol. The maximum atomic E-state index is 12.7. The van der Waals surface area contributed by atoms with E-state index in [2.05, 4.69) is 39.0 Å². The number of benzene rings is 2. The normalized spacial score (nSPS) is 15.0. The first-order valence-corrected chi connectivity index (χ1v) is 14.8. The van der Waals surface area contributed by atoms with Crippen molar-refractivity contribution in [2.75, 3.05) is 26.2 Å². The lowest BCUT2D eigenvalue weighted by molar-refractivity contribution is -0.123. The molecular formula is C30H37N5O5S. The average Bonchev–Trinajstić information content (AvgIpc) is 3.67. The van der Waals surface area contributed by atoms with Gasteiger partial charge in [0, 0.05) is 30.4 Å². The van der Waals surface area contributed by atoms with E-state index in [0.717, 1.165) is 40.4 Å². The van der Waals surface area contributed by atoms with Gasteiger partial charge in [0.05, 0.1) is 15.9 Å². The van der Waals surface area contributed by atoms with Crippen molar-refractivity contribution >= 4 is 45.4 Å². The SMILES string of the molecule is NCc1ccc(-c2cn3c(n2)sc2cc(C(=O)NCCCN4CCCCC4)ccc23)c(C2CC2)c1.O=CO.O=CO. The van der Waals surface area contributed by atoms with Crippen LogP contribution in [-0.4, -0.2) is 69.5 Å². The molecule has 218 valence electrons. The van der Waals surface area contributed by atoms with E-state index >= 15 is 0 Å². The molecule has 2 aromatic heterocycles. The largest absolute Gasteiger partial charge is 0.483 e. The van der Waals surface area contributed by atoms with Crippen molar-refractivity contribution < 1.29 is 24.6 Å². The number of nitrogens with zero attached hydrogens (tertiary/aromatic N) is 3. The van der Waals surface area contributed by atoms with E-state index in [0.29, 0.717) is 18.0 Å². The van der Waals surface area contributed by atoms with Crippen LogP contribution in [0.25, 0.3) is 26.4 Å². The first-order valence-electron chi connectivity index (χ1n) is 13.9. The number of imidazole rings is 1. The Morgan fingerprint density at radius 2 is 1.80 bits per heavy atom. The first-order chi connectivity index (χ1) is 20.0. The number of piperidine rings is 1. The fourth-order valence-electron chi connectivity index (χ4n) is 5.27. The molecule has 2 aliphatic rings. The molecule has 0 unspecified atom stereocenters. The van der Waals surface area contributed by atoms with Crippen LogP contribution in [0.15, 0.2) is 42.6 Å². The van der Waals surface area contributed by atoms with Gasteiger partial charge in [0.1, 0.15) is 0 Å². The number of rotatable bonds is 8. The number of fused-ring (bicyclic) bond motifs is 3. The summed E-state index contributed by atoms with van der Waals surface area (Å²) in [6.45, 7) is 4.26. The number of carbonyl (C=O) groups excluding carboxylic acids is 1. The van der Waals surface area contributed by atoms with Crippen LogP contribution in [0.1, 0.15) is 65.9 Å². The summed E-state index contributed by atoms with van der Waals surface area (Å²) in [7, 11) is 0. The second-order valence-electron chi connectivity index (χ2n) is 10.2. The Morgan fingerprint density at radius 1 is 1.07 bits per heavy atom. The molecule has 2 fully saturated rings. The Bertz CT molecular complexity index is 1470. The Balaban J connectivity index is 0.000000596. The summed E-state index contributed by atoms with van der Waals surface area (Å²) in [5, 5.41) is 16.9. The van der Waals surface area contributed by atoms with Crippen molar-refractivity contribution in [2.45, 2.75) is 51.0 Å². The van der Waals surface area contributed by atoms with Gasteiger partial charge >= 0.3 is 0 Å². The van der Waals surface area contributed by atoms with Crippen LogP contribution in [0.5, 0.6) is 0 Å². The lowest BCUT2D eigenvalue weighted by Gasteiger charge is -2.26. The van der Waals surface area contributed by atoms with Crippen LogP contribution >= 0.6 is 11.3 Å². The molecule has 1 aliphatic heterocycles. The molecule has 5 N–H and O–H groups in total. The van der Waals surface area contributed by atoms with Gasteiger partial charge in [-0.15, -0.1) is 0 Å². The Kier molecular flexibility index (Phi) is 10.8. The topological polar surface area (TPSA) is 150 Å². The molecule has 2 aromatic carbocycles. The van der Waals surface area contributed by atoms with E-state index in [-0.39, 0.29) is 18.9 Å². The van der Waals surface area contributed by atoms with Gasteiger partial charge in [-0.25, -0.2) is 4.98 Å². The van der Waals surface area contributed by atoms with Gasteiger partial charge in [0.25, 0.3) is 18.9 Å². The second-order valence-corrected chi connectivity index (χ2v) is 11.2. The van der Waals surface area contributed by atoms with E-state index in [4.69, 9.17) is 30.5 Å². The Morgan fingerprint density at radius 3 is 2.49 bits per heavy atom. The lowest BCUT2D eigenvalue weighted by atomic mass is 9.98. The number of nitrogens with one attached hydrogen (secondary N) is 1. The Labute approximate surface area is 242 Å². The van der Waals surface area contributed by atoms with E-state index in [1.807, 2.05) is 18.2 Å². The second kappa shape index (κ2) is 14.7. The van der Waals surface area contributed by atoms with Crippen molar-refractivity contribution in [3.63, 3.8) is 0 Å². The third-order valence-corrected chi connectivity index (χ3v) is 8.40. The summed E-state index contributed by atoms with van der Waals surface area (Å²) in [5.74, 6) is 0.639. The van der Waals surface area contributed by atoms with Crippen LogP contribution in [0.4, 0.5) is 0 Å². The summed E-state index contributed by atoms with van der Waals surface area (Å²) in [4.78, 5) is 37.9. The van der Waals surface area contributed by atoms with Crippen molar-refractivity contribution in [1.82, 2.24) is 19.6 Å². The summed E-state index contributed by atoms with van der Waals surface area (Å²) in [5.41, 5.74) is 12.5. The molecule has 0 radical (unpaired) electrons. The quantitative estimate of drug-likeness (QED) is 0.175. The smallest absolute Gasteiger partial charge is 0.290 e. The first kappa shape index (κ1) is 30.2. The maximum Gasteiger partial charge on any atom is 0.290 e. The fraction of sp³-hybridized carbons (Fsp3) is 0.400. The molecule has 1 saturated heterocycles. The standard InChI is InChI=1S/C28H33N5OS.2CH2O2/c29-17-19-5-9-22(23(15-19)20-6-7-20)24-18-33-25-10-8-21(16-26(25)35-28(33)31-24)27(34)30-11-4-14-32-12-2-1-3-13-32;2*2-1-3/h5,8-10,15-16,18,20H,1-4,6-7,11-14,17,29H2,(H,30,34);2*1H,(H,2,3). The molecule has 41 heavy (non-hydrogen) atoms. The number of hydrogen-bond donors (Lipinski definition) is 4. The molecule has 0 bridgehead atoms. The van der Waals surface area contributed by atoms with Gasteiger partial charge in [-0.2, -0.15) is 0 Å². The minimum Gasteiger partial charge on any atom is -0.483 e. The summed E-state index contributed by atoms with van der Waals surface area (Å²) < 4.78 is 3.24. The van der Waals surface area contributed by atoms with Crippen LogP contribution in [-0.2, 0) is 16.1 Å². The number of carboxylic acid groups (broad SMARTS) is 2. The molecule has 3 heterocycles. The third kappa shape index (κ3) is 7.69. The molecule has 0 atom stereocenters. The minimum atomic E-state index is -0.250. The van der Waals surface area contributed by atoms with Crippen molar-refractivity contribution in [3.05, 3.63) is 59.3 Å². The van der Waals surface area contributed by atoms with E-state index in [1.54, 1.807) is 11.3 Å². The molecule has 1 aliphatic carbocycles. The van der Waals surface area contributed by atoms with Crippen LogP contribution in [0.3, 0.4) is 0 Å². The molecule has 1 saturated carbocycles. The molecule has 4 aromatic rings. The van der Waals surface area contributed by atoms with E-state index in [9.17, 15) is 4.79 Å². The van der Waals surface area contributed by atoms with Gasteiger partial charge < -0.3 is 26.2 Å². The summed E-state index contributed by atoms with van der Waals surface area (Å²) in [6.07, 6.45) is 9.59. The van der Waals surface area contributed by atoms with E-state index < -0.39 is 0 Å². The highest BCUT2D eigenvalue weighted by Gasteiger charge is 2.27. The van der Waals surface area contributed by atoms with Gasteiger partial charge in [-0.3, -0.25) is 18.8 Å². The monoisotopic (exact) mass is 579 g/mol. The number of amides is 1. The lowest BCUT2D eigenvalue weighted by Crippen LogP contribution is -2.33. The van der Waals surface area contributed by atoms with Gasteiger partial charge in [-0.1, -0.05) is 36.0 Å². The number of aromatic nitrogens is 2. The van der Waals surface area contributed by atoms with Crippen LogP contribution in [0.2, 0.25) is 0 Å². The van der Waals surface area contributed by atoms with Crippen molar-refractivity contribution in [2.24, 2.45) is 5.73 Å². The highest BCUT2D eigenvalue weighted by Crippen LogP contribution is 2.45. The van der Waals surface area contributed by atoms with Gasteiger partial charge in [0.15, 0.2) is 4.96 Å². The number of hydrogen-bond acceptors (Lipinski definition) is 7. The molecule has 6 rings (SSSR count). The number of likely N-dealkylation sites (tertiary alicyclic amines) is 1. The van der Waals surface area contributed by atoms with Gasteiger partial charge in [0.2, 0.25) is 0 Å². The van der Waals surface area contributed by atoms with Crippen LogP contribution < -0.4 is 11.1 Å². The molecule has 1 amide bonds. The molecule has 0 spiro atoms. The Hall–Kier alpha value is -3.80. The van der Waals surface area contributed by atoms with Gasteiger partial charge in [-0.05, 0) is 87.0 Å². The zero-order chi connectivity index (χ0) is 29.2. The third-order valence-electron chi connectivity index (χ3n) is 7.39. The highest BCUT2D eigenvalue weighted by atomic mass is 32.1. The molecule has 10 nitrogen and oxygen atoms in total. The number of nitrogens with two attached hydrogens (primary N) is 1. The van der Waals surface area contributed by atoms with Crippen molar-refractivity contribution in [3.8, 4) is 11.3 Å². The van der Waals surface area contributed by atoms with E-state index in [1.165, 1.54) is 61.9 Å². The predicted octanol–water partition coefficient (Wildman–Crippen LogP) is 4.56. The van der Waals surface area contributed by atoms with Crippen molar-refractivity contribution in [1.29, 1.82) is 0 Å². The zero-order valence-corrected chi connectivity index (χ0v) is 23.8. The fourth-order valence-corrected chi connectivity index (χ4v) is 6.31. The number of carbonyl (C=O) groups is 3.